The predicted molar refractivity (Wildman–Crippen MR) is 71.2 cm³/mol. The molecule has 18 heavy (non-hydrogen) atoms. The molecule has 0 radical (unpaired) electrons. The zero-order valence-electron chi connectivity index (χ0n) is 10.8. The number of nitrogens with two attached hydrogens (primary N) is 1. The predicted octanol–water partition coefficient (Wildman–Crippen LogP) is 2.76. The lowest BCUT2D eigenvalue weighted by molar-refractivity contribution is 0.120. The molecule has 0 amide bonds. The molecule has 1 aromatic heterocycles. The number of nitrogen functional groups attached to an aromatic ring is 1. The maximum absolute atomic E-state index is 5.91. The van der Waals surface area contributed by atoms with E-state index in [1.165, 1.54) is 0 Å². The number of rotatable bonds is 4. The third-order valence-corrected chi connectivity index (χ3v) is 3.50. The number of hydrogen-bond acceptors (Lipinski definition) is 4. The molecule has 98 valence electrons. The third kappa shape index (κ3) is 2.94. The first kappa shape index (κ1) is 12.7. The lowest BCUT2D eigenvalue weighted by Crippen LogP contribution is -2.25. The van der Waals surface area contributed by atoms with E-state index in [0.29, 0.717) is 11.6 Å². The summed E-state index contributed by atoms with van der Waals surface area (Å²) in [6, 6.07) is 1.81. The van der Waals surface area contributed by atoms with Crippen molar-refractivity contribution in [3.05, 3.63) is 30.8 Å². The Bertz CT molecular complexity index is 412. The lowest BCUT2D eigenvalue weighted by atomic mass is 9.86. The normalized spacial score (nSPS) is 23.4. The summed E-state index contributed by atoms with van der Waals surface area (Å²) in [4.78, 5) is 3.95. The van der Waals surface area contributed by atoms with Gasteiger partial charge in [-0.3, -0.25) is 4.98 Å². The third-order valence-electron chi connectivity index (χ3n) is 3.50. The quantitative estimate of drug-likeness (QED) is 0.832. The highest BCUT2D eigenvalue weighted by molar-refractivity contribution is 5.49. The first-order valence-corrected chi connectivity index (χ1v) is 6.29. The van der Waals surface area contributed by atoms with Gasteiger partial charge in [-0.2, -0.15) is 0 Å². The van der Waals surface area contributed by atoms with Crippen molar-refractivity contribution < 1.29 is 9.47 Å². The molecule has 1 aliphatic rings. The number of hydrogen-bond donors (Lipinski definition) is 1. The van der Waals surface area contributed by atoms with Gasteiger partial charge in [-0.25, -0.2) is 0 Å². The molecule has 1 heterocycles. The van der Waals surface area contributed by atoms with E-state index in [-0.39, 0.29) is 6.10 Å². The first-order valence-electron chi connectivity index (χ1n) is 6.29. The minimum Gasteiger partial charge on any atom is -0.501 e. The average molecular weight is 248 g/mol. The maximum atomic E-state index is 5.91. The Balaban J connectivity index is 1.87. The molecule has 1 fully saturated rings. The van der Waals surface area contributed by atoms with E-state index in [1.807, 2.05) is 6.07 Å². The first-order chi connectivity index (χ1) is 8.70. The molecule has 2 N–H and O–H groups in total. The number of pyridine rings is 1. The fraction of sp³-hybridized carbons (Fsp3) is 0.500. The minimum absolute atomic E-state index is 0.232. The summed E-state index contributed by atoms with van der Waals surface area (Å²) in [7, 11) is 1.68. The smallest absolute Gasteiger partial charge is 0.145 e. The number of aromatic nitrogens is 1. The summed E-state index contributed by atoms with van der Waals surface area (Å²) in [5.41, 5.74) is 6.41. The van der Waals surface area contributed by atoms with Crippen molar-refractivity contribution in [3.8, 4) is 5.75 Å². The number of allylic oxidation sites excluding steroid dienone is 1. The number of nitrogens with zero attached hydrogens (tertiary/aromatic N) is 1. The van der Waals surface area contributed by atoms with Gasteiger partial charge in [0, 0.05) is 18.2 Å². The molecule has 1 aliphatic carbocycles. The molecule has 1 aromatic rings. The Morgan fingerprint density at radius 2 is 2.11 bits per heavy atom. The molecule has 0 atom stereocenters. The molecule has 0 unspecified atom stereocenters. The minimum atomic E-state index is 0.232. The van der Waals surface area contributed by atoms with Gasteiger partial charge in [0.2, 0.25) is 0 Å². The molecule has 0 saturated heterocycles. The molecule has 4 nitrogen and oxygen atoms in total. The van der Waals surface area contributed by atoms with Gasteiger partial charge in [0.05, 0.1) is 30.9 Å². The monoisotopic (exact) mass is 248 g/mol. The summed E-state index contributed by atoms with van der Waals surface area (Å²) in [5.74, 6) is 2.08. The van der Waals surface area contributed by atoms with Crippen molar-refractivity contribution in [3.63, 3.8) is 0 Å². The Kier molecular flexibility index (Phi) is 4.07. The van der Waals surface area contributed by atoms with E-state index in [4.69, 9.17) is 15.2 Å². The van der Waals surface area contributed by atoms with E-state index in [1.54, 1.807) is 19.5 Å². The SMILES string of the molecule is C=C(OC)[C@H]1CC[C@H](Oc2ccncc2N)CC1. The Morgan fingerprint density at radius 3 is 2.72 bits per heavy atom. The second kappa shape index (κ2) is 5.76. The van der Waals surface area contributed by atoms with Crippen molar-refractivity contribution in [2.75, 3.05) is 12.8 Å². The van der Waals surface area contributed by atoms with Gasteiger partial charge in [0.25, 0.3) is 0 Å². The zero-order chi connectivity index (χ0) is 13.0. The second-order valence-electron chi connectivity index (χ2n) is 4.68. The van der Waals surface area contributed by atoms with E-state index in [9.17, 15) is 0 Å². The van der Waals surface area contributed by atoms with Gasteiger partial charge >= 0.3 is 0 Å². The van der Waals surface area contributed by atoms with E-state index < -0.39 is 0 Å². The highest BCUT2D eigenvalue weighted by Crippen LogP contribution is 2.32. The summed E-state index contributed by atoms with van der Waals surface area (Å²) >= 11 is 0. The molecular weight excluding hydrogens is 228 g/mol. The summed E-state index contributed by atoms with van der Waals surface area (Å²) in [6.45, 7) is 3.93. The Hall–Kier alpha value is -1.71. The van der Waals surface area contributed by atoms with Crippen LogP contribution in [0.2, 0.25) is 0 Å². The molecular formula is C14H20N2O2. The van der Waals surface area contributed by atoms with Crippen molar-refractivity contribution >= 4 is 5.69 Å². The molecule has 0 aliphatic heterocycles. The topological polar surface area (TPSA) is 57.4 Å². The number of ether oxygens (including phenoxy) is 2. The van der Waals surface area contributed by atoms with Crippen molar-refractivity contribution in [2.45, 2.75) is 31.8 Å². The van der Waals surface area contributed by atoms with E-state index >= 15 is 0 Å². The number of methoxy groups -OCH3 is 1. The van der Waals surface area contributed by atoms with Gasteiger partial charge in [-0.15, -0.1) is 0 Å². The summed E-state index contributed by atoms with van der Waals surface area (Å²) in [5, 5.41) is 0. The fourth-order valence-electron chi connectivity index (χ4n) is 2.35. The molecule has 4 heteroatoms. The maximum Gasteiger partial charge on any atom is 0.145 e. The van der Waals surface area contributed by atoms with E-state index in [2.05, 4.69) is 11.6 Å². The summed E-state index contributed by atoms with van der Waals surface area (Å²) in [6.07, 6.45) is 7.68. The Labute approximate surface area is 108 Å². The van der Waals surface area contributed by atoms with Gasteiger partial charge in [0.1, 0.15) is 5.75 Å². The molecule has 0 spiro atoms. The van der Waals surface area contributed by atoms with Crippen LogP contribution in [0.4, 0.5) is 5.69 Å². The van der Waals surface area contributed by atoms with Crippen molar-refractivity contribution in [2.24, 2.45) is 5.92 Å². The second-order valence-corrected chi connectivity index (χ2v) is 4.68. The zero-order valence-corrected chi connectivity index (χ0v) is 10.8. The Morgan fingerprint density at radius 1 is 1.39 bits per heavy atom. The van der Waals surface area contributed by atoms with Crippen LogP contribution in [0.25, 0.3) is 0 Å². The highest BCUT2D eigenvalue weighted by atomic mass is 16.5. The van der Waals surface area contributed by atoms with Crippen molar-refractivity contribution in [1.29, 1.82) is 0 Å². The molecule has 0 aromatic carbocycles. The van der Waals surface area contributed by atoms with Crippen LogP contribution < -0.4 is 10.5 Å². The average Bonchev–Trinajstić information content (AvgIpc) is 2.41. The van der Waals surface area contributed by atoms with Gasteiger partial charge in [0.15, 0.2) is 0 Å². The van der Waals surface area contributed by atoms with Crippen LogP contribution in [-0.4, -0.2) is 18.2 Å². The van der Waals surface area contributed by atoms with Crippen LogP contribution in [0.15, 0.2) is 30.8 Å². The molecule has 2 rings (SSSR count). The molecule has 1 saturated carbocycles. The van der Waals surface area contributed by atoms with Gasteiger partial charge < -0.3 is 15.2 Å². The van der Waals surface area contributed by atoms with E-state index in [0.717, 1.165) is 37.2 Å². The van der Waals surface area contributed by atoms with Crippen LogP contribution in [0.5, 0.6) is 5.75 Å². The molecule has 0 bridgehead atoms. The fourth-order valence-corrected chi connectivity index (χ4v) is 2.35. The van der Waals surface area contributed by atoms with Gasteiger partial charge in [-0.1, -0.05) is 6.58 Å². The van der Waals surface area contributed by atoms with Crippen molar-refractivity contribution in [1.82, 2.24) is 4.98 Å². The number of anilines is 1. The van der Waals surface area contributed by atoms with Crippen LogP contribution in [0.1, 0.15) is 25.7 Å². The van der Waals surface area contributed by atoms with Crippen LogP contribution in [0, 0.1) is 5.92 Å². The van der Waals surface area contributed by atoms with Crippen LogP contribution in [-0.2, 0) is 4.74 Å². The largest absolute Gasteiger partial charge is 0.501 e. The highest BCUT2D eigenvalue weighted by Gasteiger charge is 2.25. The summed E-state index contributed by atoms with van der Waals surface area (Å²) < 4.78 is 11.1. The lowest BCUT2D eigenvalue weighted by Gasteiger charge is -2.29. The van der Waals surface area contributed by atoms with Gasteiger partial charge in [-0.05, 0) is 25.7 Å². The van der Waals surface area contributed by atoms with Crippen LogP contribution >= 0.6 is 0 Å². The standard InChI is InChI=1S/C14H20N2O2/c1-10(17-2)11-3-5-12(6-4-11)18-14-7-8-16-9-13(14)15/h7-9,11-12H,1,3-6,15H2,2H3/t11-,12-. The van der Waals surface area contributed by atoms with Crippen LogP contribution in [0.3, 0.4) is 0 Å².